The summed E-state index contributed by atoms with van der Waals surface area (Å²) in [7, 11) is 1.57. The Labute approximate surface area is 152 Å². The summed E-state index contributed by atoms with van der Waals surface area (Å²) in [4.78, 5) is 16.3. The first-order valence-electron chi connectivity index (χ1n) is 8.37. The maximum absolute atomic E-state index is 11.6. The summed E-state index contributed by atoms with van der Waals surface area (Å²) in [6.07, 6.45) is 0.0147. The zero-order valence-electron chi connectivity index (χ0n) is 15.2. The highest BCUT2D eigenvalue weighted by Crippen LogP contribution is 2.34. The number of hydrogen-bond acceptors (Lipinski definition) is 5. The highest BCUT2D eigenvalue weighted by atomic mass is 16.5. The van der Waals surface area contributed by atoms with Crippen LogP contribution in [0.1, 0.15) is 29.8 Å². The Bertz CT molecular complexity index is 979. The molecule has 0 aliphatic rings. The smallest absolute Gasteiger partial charge is 0.161 e. The lowest BCUT2D eigenvalue weighted by atomic mass is 10.0. The number of aromatic carboxylic acids is 1. The van der Waals surface area contributed by atoms with Crippen LogP contribution in [0.15, 0.2) is 42.5 Å². The minimum Gasteiger partial charge on any atom is -0.545 e. The molecule has 0 unspecified atom stereocenters. The number of carboxylic acids is 1. The number of carbonyl (C=O) groups is 1. The molecule has 5 nitrogen and oxygen atoms in total. The van der Waals surface area contributed by atoms with Gasteiger partial charge in [-0.05, 0) is 50.6 Å². The number of aryl methyl sites for hydroxylation is 1. The van der Waals surface area contributed by atoms with E-state index in [9.17, 15) is 9.90 Å². The molecule has 0 bridgehead atoms. The first kappa shape index (κ1) is 17.7. The van der Waals surface area contributed by atoms with Gasteiger partial charge in [0.25, 0.3) is 0 Å². The van der Waals surface area contributed by atoms with Gasteiger partial charge in [0.1, 0.15) is 0 Å². The van der Waals surface area contributed by atoms with E-state index in [-0.39, 0.29) is 11.7 Å². The Morgan fingerprint density at radius 3 is 2.54 bits per heavy atom. The normalized spacial score (nSPS) is 11.0. The topological polar surface area (TPSA) is 71.5 Å². The van der Waals surface area contributed by atoms with E-state index in [1.807, 2.05) is 39.0 Å². The highest BCUT2D eigenvalue weighted by Gasteiger charge is 2.13. The summed E-state index contributed by atoms with van der Waals surface area (Å²) in [6.45, 7) is 5.78. The predicted molar refractivity (Wildman–Crippen MR) is 98.6 cm³/mol. The first-order valence-corrected chi connectivity index (χ1v) is 8.37. The van der Waals surface area contributed by atoms with Crippen molar-refractivity contribution in [1.29, 1.82) is 0 Å². The Hall–Kier alpha value is -3.08. The molecule has 0 radical (unpaired) electrons. The van der Waals surface area contributed by atoms with E-state index in [4.69, 9.17) is 9.47 Å². The number of ether oxygens (including phenoxy) is 2. The average Bonchev–Trinajstić information content (AvgIpc) is 2.61. The second-order valence-electron chi connectivity index (χ2n) is 6.35. The molecule has 0 saturated carbocycles. The van der Waals surface area contributed by atoms with E-state index in [2.05, 4.69) is 4.98 Å². The standard InChI is InChI=1S/C21H21NO4/c1-12(2)26-18-9-8-14(10-19(18)25-4)17-11-16(21(23)24)15-7-5-6-13(3)20(15)22-17/h5-12H,1-4H3,(H,23,24)/p-1. The van der Waals surface area contributed by atoms with Gasteiger partial charge in [0.15, 0.2) is 11.5 Å². The van der Waals surface area contributed by atoms with Crippen LogP contribution in [0.4, 0.5) is 0 Å². The molecule has 1 aromatic heterocycles. The molecule has 1 heterocycles. The van der Waals surface area contributed by atoms with Crippen molar-refractivity contribution in [2.75, 3.05) is 7.11 Å². The van der Waals surface area contributed by atoms with Crippen LogP contribution in [-0.4, -0.2) is 24.2 Å². The van der Waals surface area contributed by atoms with Crippen molar-refractivity contribution in [1.82, 2.24) is 4.98 Å². The van der Waals surface area contributed by atoms with Crippen molar-refractivity contribution in [3.8, 4) is 22.8 Å². The number of fused-ring (bicyclic) bond motifs is 1. The largest absolute Gasteiger partial charge is 0.545 e. The maximum atomic E-state index is 11.6. The summed E-state index contributed by atoms with van der Waals surface area (Å²) >= 11 is 0. The Kier molecular flexibility index (Phi) is 4.80. The van der Waals surface area contributed by atoms with Crippen LogP contribution in [0, 0.1) is 6.92 Å². The zero-order valence-corrected chi connectivity index (χ0v) is 15.2. The van der Waals surface area contributed by atoms with Gasteiger partial charge in [0, 0.05) is 16.5 Å². The minimum atomic E-state index is -1.23. The fourth-order valence-electron chi connectivity index (χ4n) is 2.89. The summed E-state index contributed by atoms with van der Waals surface area (Å²) in [5.74, 6) is -0.0304. The zero-order chi connectivity index (χ0) is 18.8. The number of hydrogen-bond donors (Lipinski definition) is 0. The molecule has 0 spiro atoms. The first-order chi connectivity index (χ1) is 12.4. The van der Waals surface area contributed by atoms with E-state index < -0.39 is 5.97 Å². The number of nitrogens with zero attached hydrogens (tertiary/aromatic N) is 1. The van der Waals surface area contributed by atoms with Gasteiger partial charge in [-0.15, -0.1) is 0 Å². The van der Waals surface area contributed by atoms with Crippen molar-refractivity contribution >= 4 is 16.9 Å². The number of benzene rings is 2. The lowest BCUT2D eigenvalue weighted by molar-refractivity contribution is -0.254. The lowest BCUT2D eigenvalue weighted by Gasteiger charge is -2.16. The summed E-state index contributed by atoms with van der Waals surface area (Å²) in [6, 6.07) is 12.4. The number of methoxy groups -OCH3 is 1. The minimum absolute atomic E-state index is 0.0147. The summed E-state index contributed by atoms with van der Waals surface area (Å²) < 4.78 is 11.1. The molecule has 0 amide bonds. The quantitative estimate of drug-likeness (QED) is 0.705. The van der Waals surface area contributed by atoms with Crippen LogP contribution in [0.2, 0.25) is 0 Å². The number of rotatable bonds is 5. The fraction of sp³-hybridized carbons (Fsp3) is 0.238. The van der Waals surface area contributed by atoms with Crippen LogP contribution in [0.5, 0.6) is 11.5 Å². The molecule has 3 aromatic rings. The van der Waals surface area contributed by atoms with E-state index in [1.165, 1.54) is 6.07 Å². The monoisotopic (exact) mass is 350 g/mol. The molecule has 0 fully saturated rings. The molecule has 0 atom stereocenters. The summed E-state index contributed by atoms with van der Waals surface area (Å²) in [5.41, 5.74) is 2.95. The third-order valence-electron chi connectivity index (χ3n) is 4.08. The molecular formula is C21H20NO4-. The van der Waals surface area contributed by atoms with Crippen LogP contribution in [0.3, 0.4) is 0 Å². The molecule has 26 heavy (non-hydrogen) atoms. The van der Waals surface area contributed by atoms with Crippen LogP contribution >= 0.6 is 0 Å². The Balaban J connectivity index is 2.19. The van der Waals surface area contributed by atoms with Crippen LogP contribution in [0.25, 0.3) is 22.2 Å². The number of carbonyl (C=O) groups excluding carboxylic acids is 1. The third-order valence-corrected chi connectivity index (χ3v) is 4.08. The van der Waals surface area contributed by atoms with Crippen molar-refractivity contribution in [2.24, 2.45) is 0 Å². The lowest BCUT2D eigenvalue weighted by Crippen LogP contribution is -2.22. The van der Waals surface area contributed by atoms with Crippen LogP contribution < -0.4 is 14.6 Å². The van der Waals surface area contributed by atoms with Crippen molar-refractivity contribution in [3.05, 3.63) is 53.6 Å². The van der Waals surface area contributed by atoms with E-state index in [1.54, 1.807) is 25.3 Å². The second-order valence-corrected chi connectivity index (χ2v) is 6.35. The van der Waals surface area contributed by atoms with E-state index in [0.29, 0.717) is 28.1 Å². The predicted octanol–water partition coefficient (Wildman–Crippen LogP) is 3.37. The van der Waals surface area contributed by atoms with E-state index >= 15 is 0 Å². The molecule has 0 aliphatic carbocycles. The number of pyridine rings is 1. The second kappa shape index (κ2) is 7.04. The van der Waals surface area contributed by atoms with E-state index in [0.717, 1.165) is 11.1 Å². The molecule has 0 N–H and O–H groups in total. The third kappa shape index (κ3) is 3.33. The molecule has 0 aliphatic heterocycles. The van der Waals surface area contributed by atoms with Crippen molar-refractivity contribution < 1.29 is 19.4 Å². The molecular weight excluding hydrogens is 330 g/mol. The van der Waals surface area contributed by atoms with Gasteiger partial charge in [-0.1, -0.05) is 18.2 Å². The van der Waals surface area contributed by atoms with Gasteiger partial charge in [-0.25, -0.2) is 4.98 Å². The van der Waals surface area contributed by atoms with Crippen molar-refractivity contribution in [2.45, 2.75) is 26.9 Å². The highest BCUT2D eigenvalue weighted by molar-refractivity contribution is 6.03. The molecule has 0 saturated heterocycles. The SMILES string of the molecule is COc1cc(-c2cc(C(=O)[O-])c3cccc(C)c3n2)ccc1OC(C)C. The molecule has 134 valence electrons. The van der Waals surface area contributed by atoms with Crippen molar-refractivity contribution in [3.63, 3.8) is 0 Å². The van der Waals surface area contributed by atoms with Gasteiger partial charge < -0.3 is 19.4 Å². The van der Waals surface area contributed by atoms with Gasteiger partial charge >= 0.3 is 0 Å². The van der Waals surface area contributed by atoms with Gasteiger partial charge in [0.2, 0.25) is 0 Å². The number of para-hydroxylation sites is 1. The number of aromatic nitrogens is 1. The van der Waals surface area contributed by atoms with Gasteiger partial charge in [0.05, 0.1) is 30.4 Å². The Morgan fingerprint density at radius 2 is 1.88 bits per heavy atom. The fourth-order valence-corrected chi connectivity index (χ4v) is 2.89. The van der Waals surface area contributed by atoms with Crippen LogP contribution in [-0.2, 0) is 0 Å². The number of carboxylic acid groups (broad SMARTS) is 1. The van der Waals surface area contributed by atoms with Gasteiger partial charge in [-0.3, -0.25) is 0 Å². The molecule has 3 rings (SSSR count). The average molecular weight is 350 g/mol. The Morgan fingerprint density at radius 1 is 1.12 bits per heavy atom. The van der Waals surface area contributed by atoms with Gasteiger partial charge in [-0.2, -0.15) is 0 Å². The molecule has 2 aromatic carbocycles. The maximum Gasteiger partial charge on any atom is 0.161 e. The summed E-state index contributed by atoms with van der Waals surface area (Å²) in [5, 5.41) is 12.2. The molecule has 5 heteroatoms.